The zero-order valence-corrected chi connectivity index (χ0v) is 10.5. The highest BCUT2D eigenvalue weighted by atomic mass is 16.5. The molecule has 2 unspecified atom stereocenters. The summed E-state index contributed by atoms with van der Waals surface area (Å²) in [5.74, 6) is 0.791. The van der Waals surface area contributed by atoms with Crippen LogP contribution in [-0.4, -0.2) is 25.3 Å². The molecule has 0 rings (SSSR count). The van der Waals surface area contributed by atoms with Gasteiger partial charge in [-0.15, -0.1) is 0 Å². The van der Waals surface area contributed by atoms with Crippen LogP contribution >= 0.6 is 0 Å². The predicted molar refractivity (Wildman–Crippen MR) is 62.6 cm³/mol. The van der Waals surface area contributed by atoms with E-state index in [9.17, 15) is 0 Å². The molecule has 0 saturated carbocycles. The molecule has 0 aromatic heterocycles. The average Bonchev–Trinajstić information content (AvgIpc) is 2.16. The zero-order chi connectivity index (χ0) is 11.0. The second-order valence-electron chi connectivity index (χ2n) is 4.09. The van der Waals surface area contributed by atoms with Crippen molar-refractivity contribution in [2.45, 2.75) is 59.5 Å². The second kappa shape index (κ2) is 8.25. The van der Waals surface area contributed by atoms with Crippen molar-refractivity contribution in [1.29, 1.82) is 0 Å². The first-order valence-corrected chi connectivity index (χ1v) is 5.99. The smallest absolute Gasteiger partial charge is 0.0616 e. The topological polar surface area (TPSA) is 21.3 Å². The molecule has 0 saturated heterocycles. The summed E-state index contributed by atoms with van der Waals surface area (Å²) < 4.78 is 5.38. The van der Waals surface area contributed by atoms with E-state index in [-0.39, 0.29) is 0 Å². The van der Waals surface area contributed by atoms with E-state index in [0.29, 0.717) is 12.1 Å². The summed E-state index contributed by atoms with van der Waals surface area (Å²) in [6.45, 7) is 12.7. The van der Waals surface area contributed by atoms with Crippen LogP contribution in [0.2, 0.25) is 0 Å². The van der Waals surface area contributed by atoms with Gasteiger partial charge in [-0.05, 0) is 26.7 Å². The van der Waals surface area contributed by atoms with Crippen LogP contribution < -0.4 is 5.32 Å². The molecule has 2 atom stereocenters. The maximum Gasteiger partial charge on any atom is 0.0616 e. The monoisotopic (exact) mass is 201 g/mol. The first-order chi connectivity index (χ1) is 6.65. The van der Waals surface area contributed by atoms with Gasteiger partial charge in [-0.2, -0.15) is 0 Å². The average molecular weight is 201 g/mol. The number of hydrogen-bond acceptors (Lipinski definition) is 2. The van der Waals surface area contributed by atoms with Gasteiger partial charge in [0.05, 0.1) is 6.61 Å². The maximum absolute atomic E-state index is 5.38. The van der Waals surface area contributed by atoms with Crippen LogP contribution in [0.3, 0.4) is 0 Å². The Morgan fingerprint density at radius 2 is 1.64 bits per heavy atom. The SMILES string of the molecule is CCOCC(C)NC(C)C(CC)CC. The van der Waals surface area contributed by atoms with Crippen molar-refractivity contribution in [2.75, 3.05) is 13.2 Å². The van der Waals surface area contributed by atoms with Crippen molar-refractivity contribution in [1.82, 2.24) is 5.32 Å². The molecule has 0 radical (unpaired) electrons. The third-order valence-corrected chi connectivity index (χ3v) is 2.88. The molecule has 0 aliphatic heterocycles. The van der Waals surface area contributed by atoms with Crippen LogP contribution in [0, 0.1) is 5.92 Å². The summed E-state index contributed by atoms with van der Waals surface area (Å²) in [6.07, 6.45) is 2.51. The van der Waals surface area contributed by atoms with E-state index >= 15 is 0 Å². The molecule has 0 amide bonds. The standard InChI is InChI=1S/C12H27NO/c1-6-12(7-2)11(5)13-10(4)9-14-8-3/h10-13H,6-9H2,1-5H3. The summed E-state index contributed by atoms with van der Waals surface area (Å²) in [7, 11) is 0. The quantitative estimate of drug-likeness (QED) is 0.652. The zero-order valence-electron chi connectivity index (χ0n) is 10.5. The molecule has 0 aliphatic rings. The highest BCUT2D eigenvalue weighted by molar-refractivity contribution is 4.73. The van der Waals surface area contributed by atoms with Crippen molar-refractivity contribution in [3.8, 4) is 0 Å². The molecule has 0 aromatic rings. The Bertz CT molecular complexity index is 123. The Labute approximate surface area is 89.4 Å². The number of hydrogen-bond donors (Lipinski definition) is 1. The third kappa shape index (κ3) is 5.61. The molecule has 0 spiro atoms. The highest BCUT2D eigenvalue weighted by Crippen LogP contribution is 2.12. The minimum atomic E-state index is 0.463. The van der Waals surface area contributed by atoms with E-state index in [1.54, 1.807) is 0 Å². The van der Waals surface area contributed by atoms with E-state index in [4.69, 9.17) is 4.74 Å². The van der Waals surface area contributed by atoms with E-state index in [1.807, 2.05) is 6.92 Å². The molecule has 0 fully saturated rings. The number of ether oxygens (including phenoxy) is 1. The Kier molecular flexibility index (Phi) is 8.20. The fraction of sp³-hybridized carbons (Fsp3) is 1.00. The fourth-order valence-electron chi connectivity index (χ4n) is 1.92. The van der Waals surface area contributed by atoms with Crippen LogP contribution in [0.15, 0.2) is 0 Å². The lowest BCUT2D eigenvalue weighted by Crippen LogP contribution is -2.41. The van der Waals surface area contributed by atoms with E-state index in [1.165, 1.54) is 12.8 Å². The van der Waals surface area contributed by atoms with Gasteiger partial charge < -0.3 is 10.1 Å². The van der Waals surface area contributed by atoms with E-state index in [0.717, 1.165) is 19.1 Å². The van der Waals surface area contributed by atoms with Gasteiger partial charge in [-0.25, -0.2) is 0 Å². The second-order valence-corrected chi connectivity index (χ2v) is 4.09. The summed E-state index contributed by atoms with van der Waals surface area (Å²) in [6, 6.07) is 1.06. The first kappa shape index (κ1) is 13.9. The predicted octanol–water partition coefficient (Wildman–Crippen LogP) is 2.83. The van der Waals surface area contributed by atoms with Gasteiger partial charge in [-0.1, -0.05) is 26.7 Å². The van der Waals surface area contributed by atoms with Crippen molar-refractivity contribution in [2.24, 2.45) is 5.92 Å². The van der Waals surface area contributed by atoms with Gasteiger partial charge in [0.2, 0.25) is 0 Å². The molecule has 0 aromatic carbocycles. The van der Waals surface area contributed by atoms with E-state index in [2.05, 4.69) is 33.0 Å². The van der Waals surface area contributed by atoms with Gasteiger partial charge in [0, 0.05) is 18.7 Å². The van der Waals surface area contributed by atoms with Crippen molar-refractivity contribution in [3.63, 3.8) is 0 Å². The largest absolute Gasteiger partial charge is 0.380 e. The number of rotatable bonds is 8. The van der Waals surface area contributed by atoms with Crippen LogP contribution in [0.25, 0.3) is 0 Å². The molecule has 2 nitrogen and oxygen atoms in total. The Balaban J connectivity index is 3.73. The first-order valence-electron chi connectivity index (χ1n) is 5.99. The van der Waals surface area contributed by atoms with Crippen LogP contribution in [0.5, 0.6) is 0 Å². The Morgan fingerprint density at radius 3 is 2.07 bits per heavy atom. The van der Waals surface area contributed by atoms with Gasteiger partial charge in [0.15, 0.2) is 0 Å². The minimum Gasteiger partial charge on any atom is -0.380 e. The van der Waals surface area contributed by atoms with Gasteiger partial charge >= 0.3 is 0 Å². The lowest BCUT2D eigenvalue weighted by atomic mass is 9.95. The third-order valence-electron chi connectivity index (χ3n) is 2.88. The van der Waals surface area contributed by atoms with Gasteiger partial charge in [0.25, 0.3) is 0 Å². The van der Waals surface area contributed by atoms with E-state index < -0.39 is 0 Å². The Morgan fingerprint density at radius 1 is 1.07 bits per heavy atom. The molecule has 2 heteroatoms. The highest BCUT2D eigenvalue weighted by Gasteiger charge is 2.15. The molecule has 0 heterocycles. The molecule has 86 valence electrons. The van der Waals surface area contributed by atoms with Crippen LogP contribution in [-0.2, 0) is 4.74 Å². The van der Waals surface area contributed by atoms with Gasteiger partial charge in [0.1, 0.15) is 0 Å². The minimum absolute atomic E-state index is 0.463. The fourth-order valence-corrected chi connectivity index (χ4v) is 1.92. The van der Waals surface area contributed by atoms with Crippen LogP contribution in [0.4, 0.5) is 0 Å². The molecular formula is C12H27NO. The van der Waals surface area contributed by atoms with Crippen molar-refractivity contribution in [3.05, 3.63) is 0 Å². The molecule has 14 heavy (non-hydrogen) atoms. The molecular weight excluding hydrogens is 174 g/mol. The summed E-state index contributed by atoms with van der Waals surface area (Å²) in [5, 5.41) is 3.59. The normalized spacial score (nSPS) is 15.9. The maximum atomic E-state index is 5.38. The molecule has 1 N–H and O–H groups in total. The summed E-state index contributed by atoms with van der Waals surface area (Å²) >= 11 is 0. The lowest BCUT2D eigenvalue weighted by Gasteiger charge is -2.26. The van der Waals surface area contributed by atoms with Crippen molar-refractivity contribution < 1.29 is 4.74 Å². The van der Waals surface area contributed by atoms with Crippen molar-refractivity contribution >= 4 is 0 Å². The number of nitrogens with one attached hydrogen (secondary N) is 1. The summed E-state index contributed by atoms with van der Waals surface area (Å²) in [4.78, 5) is 0. The lowest BCUT2D eigenvalue weighted by molar-refractivity contribution is 0.120. The Hall–Kier alpha value is -0.0800. The summed E-state index contributed by atoms with van der Waals surface area (Å²) in [5.41, 5.74) is 0. The van der Waals surface area contributed by atoms with Crippen LogP contribution in [0.1, 0.15) is 47.5 Å². The van der Waals surface area contributed by atoms with Gasteiger partial charge in [-0.3, -0.25) is 0 Å². The molecule has 0 bridgehead atoms. The molecule has 0 aliphatic carbocycles.